The molecule has 1 saturated heterocycles. The van der Waals surface area contributed by atoms with Crippen molar-refractivity contribution in [3.8, 4) is 0 Å². The molecular weight excluding hydrogens is 262 g/mol. The van der Waals surface area contributed by atoms with Crippen LogP contribution in [0.5, 0.6) is 0 Å². The Morgan fingerprint density at radius 3 is 2.48 bits per heavy atom. The second kappa shape index (κ2) is 6.02. The highest BCUT2D eigenvalue weighted by Gasteiger charge is 2.43. The van der Waals surface area contributed by atoms with E-state index >= 15 is 0 Å². The molecule has 1 saturated carbocycles. The summed E-state index contributed by atoms with van der Waals surface area (Å²) in [5.74, 6) is 0.621. The average molecular weight is 293 g/mol. The molecule has 0 aromatic rings. The number of hydrogen-bond acceptors (Lipinski definition) is 3. The molecule has 21 heavy (non-hydrogen) atoms. The Morgan fingerprint density at radius 2 is 2.00 bits per heavy atom. The molecule has 0 amide bonds. The van der Waals surface area contributed by atoms with E-state index in [4.69, 9.17) is 4.74 Å². The highest BCUT2D eigenvalue weighted by Crippen LogP contribution is 2.50. The summed E-state index contributed by atoms with van der Waals surface area (Å²) in [7, 11) is 0. The maximum absolute atomic E-state index is 11.8. The summed E-state index contributed by atoms with van der Waals surface area (Å²) < 4.78 is 5.39. The molecule has 2 aliphatic rings. The van der Waals surface area contributed by atoms with E-state index in [-0.39, 0.29) is 11.6 Å². The molecule has 120 valence electrons. The zero-order chi connectivity index (χ0) is 15.7. The van der Waals surface area contributed by atoms with Gasteiger partial charge in [0.1, 0.15) is 5.60 Å². The number of rotatable bonds is 3. The average Bonchev–Trinajstić information content (AvgIpc) is 2.61. The monoisotopic (exact) mass is 293 g/mol. The summed E-state index contributed by atoms with van der Waals surface area (Å²) in [6.45, 7) is 12.3. The van der Waals surface area contributed by atoms with Gasteiger partial charge < -0.3 is 10.1 Å². The number of nitrogens with one attached hydrogen (secondary N) is 1. The molecule has 1 unspecified atom stereocenters. The Labute approximate surface area is 129 Å². The van der Waals surface area contributed by atoms with Crippen molar-refractivity contribution in [3.63, 3.8) is 0 Å². The van der Waals surface area contributed by atoms with E-state index in [1.54, 1.807) is 0 Å². The number of ether oxygens (including phenoxy) is 1. The van der Waals surface area contributed by atoms with Crippen LogP contribution in [0.3, 0.4) is 0 Å². The molecule has 0 radical (unpaired) electrons. The van der Waals surface area contributed by atoms with E-state index in [0.717, 1.165) is 6.42 Å². The van der Waals surface area contributed by atoms with Gasteiger partial charge in [0.15, 0.2) is 0 Å². The molecule has 2 rings (SSSR count). The van der Waals surface area contributed by atoms with E-state index in [1.807, 2.05) is 20.8 Å². The van der Waals surface area contributed by atoms with Gasteiger partial charge in [0.2, 0.25) is 0 Å². The van der Waals surface area contributed by atoms with Crippen LogP contribution in [0.1, 0.15) is 72.6 Å². The highest BCUT2D eigenvalue weighted by molar-refractivity contribution is 5.69. The lowest BCUT2D eigenvalue weighted by atomic mass is 9.67. The third-order valence-electron chi connectivity index (χ3n) is 5.00. The first-order valence-electron chi connectivity index (χ1n) is 8.38. The molecule has 0 bridgehead atoms. The standard InChI is InChI=1S/C18H31NO2/c1-13-12-18(14(2)19-13)10-8-15(9-11-18)6-7-16(20)21-17(3,4)5/h13,15,19H,2,6-12H2,1,3-5H3. The summed E-state index contributed by atoms with van der Waals surface area (Å²) in [6, 6.07) is 0.566. The number of allylic oxidation sites excluding steroid dienone is 1. The lowest BCUT2D eigenvalue weighted by molar-refractivity contribution is -0.155. The Hall–Kier alpha value is -0.990. The molecule has 1 N–H and O–H groups in total. The molecule has 1 atom stereocenters. The minimum atomic E-state index is -0.364. The van der Waals surface area contributed by atoms with Gasteiger partial charge in [0, 0.05) is 23.6 Å². The Kier molecular flexibility index (Phi) is 4.69. The number of carbonyl (C=O) groups is 1. The topological polar surface area (TPSA) is 38.3 Å². The van der Waals surface area contributed by atoms with Crippen LogP contribution in [0.15, 0.2) is 12.3 Å². The Morgan fingerprint density at radius 1 is 1.38 bits per heavy atom. The van der Waals surface area contributed by atoms with E-state index < -0.39 is 0 Å². The van der Waals surface area contributed by atoms with Gasteiger partial charge in [-0.1, -0.05) is 6.58 Å². The maximum atomic E-state index is 11.8. The van der Waals surface area contributed by atoms with Crippen molar-refractivity contribution in [1.82, 2.24) is 5.32 Å². The Balaban J connectivity index is 1.75. The van der Waals surface area contributed by atoms with Gasteiger partial charge in [-0.05, 0) is 72.1 Å². The predicted molar refractivity (Wildman–Crippen MR) is 85.8 cm³/mol. The molecule has 0 aromatic carbocycles. The van der Waals surface area contributed by atoms with Gasteiger partial charge in [0.25, 0.3) is 0 Å². The van der Waals surface area contributed by atoms with Crippen LogP contribution in [0.25, 0.3) is 0 Å². The minimum Gasteiger partial charge on any atom is -0.460 e. The smallest absolute Gasteiger partial charge is 0.306 e. The summed E-state index contributed by atoms with van der Waals surface area (Å²) in [5, 5.41) is 3.50. The maximum Gasteiger partial charge on any atom is 0.306 e. The van der Waals surface area contributed by atoms with Gasteiger partial charge in [-0.15, -0.1) is 0 Å². The third kappa shape index (κ3) is 4.24. The van der Waals surface area contributed by atoms with Gasteiger partial charge in [-0.3, -0.25) is 4.79 Å². The van der Waals surface area contributed by atoms with Crippen molar-refractivity contribution in [2.45, 2.75) is 84.3 Å². The van der Waals surface area contributed by atoms with Crippen molar-refractivity contribution >= 4 is 5.97 Å². The zero-order valence-electron chi connectivity index (χ0n) is 14.1. The first-order chi connectivity index (χ1) is 9.70. The van der Waals surface area contributed by atoms with E-state index in [0.29, 0.717) is 23.8 Å². The van der Waals surface area contributed by atoms with Crippen LogP contribution in [0.2, 0.25) is 0 Å². The fourth-order valence-corrected chi connectivity index (χ4v) is 3.95. The fourth-order valence-electron chi connectivity index (χ4n) is 3.95. The largest absolute Gasteiger partial charge is 0.460 e. The van der Waals surface area contributed by atoms with Gasteiger partial charge in [-0.25, -0.2) is 0 Å². The molecule has 3 nitrogen and oxygen atoms in total. The Bertz CT molecular complexity index is 400. The molecule has 3 heteroatoms. The van der Waals surface area contributed by atoms with Crippen LogP contribution in [0.4, 0.5) is 0 Å². The molecule has 1 aliphatic carbocycles. The third-order valence-corrected chi connectivity index (χ3v) is 5.00. The fraction of sp³-hybridized carbons (Fsp3) is 0.833. The SMILES string of the molecule is C=C1NC(C)CC12CCC(CCC(=O)OC(C)(C)C)CC2. The number of esters is 1. The van der Waals surface area contributed by atoms with Crippen LogP contribution >= 0.6 is 0 Å². The van der Waals surface area contributed by atoms with E-state index in [2.05, 4.69) is 18.8 Å². The van der Waals surface area contributed by atoms with Crippen LogP contribution in [0, 0.1) is 11.3 Å². The molecular formula is C18H31NO2. The summed E-state index contributed by atoms with van der Waals surface area (Å²) in [5.41, 5.74) is 1.22. The zero-order valence-corrected chi connectivity index (χ0v) is 14.1. The van der Waals surface area contributed by atoms with Crippen molar-refractivity contribution in [2.75, 3.05) is 0 Å². The molecule has 1 aliphatic heterocycles. The van der Waals surface area contributed by atoms with Crippen molar-refractivity contribution in [1.29, 1.82) is 0 Å². The van der Waals surface area contributed by atoms with Crippen molar-refractivity contribution in [3.05, 3.63) is 12.3 Å². The van der Waals surface area contributed by atoms with Crippen molar-refractivity contribution in [2.24, 2.45) is 11.3 Å². The van der Waals surface area contributed by atoms with Crippen LogP contribution < -0.4 is 5.32 Å². The quantitative estimate of drug-likeness (QED) is 0.793. The van der Waals surface area contributed by atoms with Crippen molar-refractivity contribution < 1.29 is 9.53 Å². The molecule has 0 aromatic heterocycles. The molecule has 1 heterocycles. The summed E-state index contributed by atoms with van der Waals surface area (Å²) >= 11 is 0. The lowest BCUT2D eigenvalue weighted by Gasteiger charge is -2.37. The number of hydrogen-bond donors (Lipinski definition) is 1. The second-order valence-electron chi connectivity index (χ2n) is 8.08. The minimum absolute atomic E-state index is 0.0525. The number of carbonyl (C=O) groups excluding carboxylic acids is 1. The molecule has 1 spiro atoms. The summed E-state index contributed by atoms with van der Waals surface area (Å²) in [4.78, 5) is 11.8. The first-order valence-corrected chi connectivity index (χ1v) is 8.38. The predicted octanol–water partition coefficient (Wildman–Crippen LogP) is 4.18. The highest BCUT2D eigenvalue weighted by atomic mass is 16.6. The van der Waals surface area contributed by atoms with Crippen LogP contribution in [-0.2, 0) is 9.53 Å². The second-order valence-corrected chi connectivity index (χ2v) is 8.08. The summed E-state index contributed by atoms with van der Waals surface area (Å²) in [6.07, 6.45) is 7.65. The van der Waals surface area contributed by atoms with Gasteiger partial charge >= 0.3 is 5.97 Å². The molecule has 2 fully saturated rings. The first kappa shape index (κ1) is 16.4. The normalized spacial score (nSPS) is 33.0. The van der Waals surface area contributed by atoms with Gasteiger partial charge in [0.05, 0.1) is 0 Å². The van der Waals surface area contributed by atoms with Crippen LogP contribution in [-0.4, -0.2) is 17.6 Å². The lowest BCUT2D eigenvalue weighted by Crippen LogP contribution is -2.28. The van der Waals surface area contributed by atoms with Gasteiger partial charge in [-0.2, -0.15) is 0 Å². The van der Waals surface area contributed by atoms with E-state index in [1.165, 1.54) is 37.8 Å². The van der Waals surface area contributed by atoms with E-state index in [9.17, 15) is 4.79 Å².